The zero-order chi connectivity index (χ0) is 86.2. The number of aromatic hydroxyl groups is 1. The van der Waals surface area contributed by atoms with Crippen molar-refractivity contribution in [1.82, 2.24) is 69.6 Å². The molecule has 0 radical (unpaired) electrons. The van der Waals surface area contributed by atoms with Crippen LogP contribution >= 0.6 is 0 Å². The van der Waals surface area contributed by atoms with Crippen molar-refractivity contribution in [1.29, 1.82) is 0 Å². The number of carbonyl (C=O) groups excluding carboxylic acids is 2. The molecule has 0 fully saturated rings. The van der Waals surface area contributed by atoms with Crippen LogP contribution in [0.2, 0.25) is 0 Å². The summed E-state index contributed by atoms with van der Waals surface area (Å²) in [6.07, 6.45) is 28.0. The second-order valence-corrected chi connectivity index (χ2v) is 28.3. The number of nitrogens with zero attached hydrogens (tertiary/aromatic N) is 14. The summed E-state index contributed by atoms with van der Waals surface area (Å²) in [5.41, 5.74) is 11.4. The second kappa shape index (κ2) is 63.4. The van der Waals surface area contributed by atoms with Crippen LogP contribution in [-0.2, 0) is 177 Å². The smallest absolute Gasteiger partial charge is 0.507 e. The fourth-order valence-electron chi connectivity index (χ4n) is 12.7. The minimum absolute atomic E-state index is 0. The van der Waals surface area contributed by atoms with Gasteiger partial charge in [-0.05, 0) is 207 Å². The van der Waals surface area contributed by atoms with Crippen LogP contribution in [0.1, 0.15) is 138 Å². The Balaban J connectivity index is -0.000000130. The van der Waals surface area contributed by atoms with E-state index in [1.54, 1.807) is 18.6 Å². The minimum Gasteiger partial charge on any atom is -0.507 e. The van der Waals surface area contributed by atoms with Gasteiger partial charge in [-0.15, -0.1) is 18.6 Å². The normalized spacial score (nSPS) is 9.95. The first kappa shape index (κ1) is 105. The van der Waals surface area contributed by atoms with Crippen molar-refractivity contribution in [3.8, 4) is 142 Å². The molecule has 8 aromatic heterocycles. The molecule has 24 heteroatoms. The number of methoxy groups -OCH3 is 1. The SMILES string of the molecule is C#CC#CC#CC#CC#CC#CC#CC#CC#CC#CC#CN(C)CCCCCC(=O)NCCCCOc1cc(CN(Cc2ccccn2)Cc2ccccn2)cc(CN(Cc2ccccn2)Cc2ccccn2)c1.COC(=O)[C@H](Cc1cc(CN(Cc2ccccn2)Cc2ccccn2)c(O)c(CN(Cc2ccccn2)C[n+]2[c-]cccc2)c1)N(C)C.[HH].[HH].[HH].[HH].[HH].[HH].[HH].[HH].[HH].[HH].[HH].[HH].[HH].[HH].[HH].[HH].[HH].[HH].[HH].[HH].[HH].[HH].[Zn+2].[Zn+2].[Zn+2].[Zn+2]. The van der Waals surface area contributed by atoms with Crippen LogP contribution in [0.4, 0.5) is 0 Å². The van der Waals surface area contributed by atoms with Crippen molar-refractivity contribution in [3.63, 3.8) is 0 Å². The van der Waals surface area contributed by atoms with Gasteiger partial charge in [0.1, 0.15) is 23.7 Å². The van der Waals surface area contributed by atoms with Crippen LogP contribution in [-0.4, -0.2) is 135 Å². The number of ether oxygens (including phenoxy) is 2. The average Bonchev–Trinajstić information content (AvgIpc) is 0.807. The molecule has 10 aromatic rings. The summed E-state index contributed by atoms with van der Waals surface area (Å²) >= 11 is 0. The van der Waals surface area contributed by atoms with Crippen LogP contribution in [0.3, 0.4) is 0 Å². The Morgan fingerprint density at radius 1 is 0.449 bits per heavy atom. The Hall–Kier alpha value is -12.6. The van der Waals surface area contributed by atoms with E-state index in [1.165, 1.54) is 7.11 Å². The number of esters is 1. The van der Waals surface area contributed by atoms with Gasteiger partial charge < -0.3 is 24.8 Å². The molecule has 1 atom stereocenters. The van der Waals surface area contributed by atoms with E-state index in [-0.39, 0.29) is 127 Å². The standard InChI is InChI=1S/C65H54N8O2.C38H43N7O3.4Zn.22H2/c1-3-4-5-6-7-8-9-10-11-12-13-14-15-16-17-18-19-20-21-33-46-71(2)47-34-22-23-40-65(74)70-45-32-35-48-75-64-50-58(52-72(54-60-36-24-28-41-66-60)55-61-37-25-29-42-67-61)49-59(51-64)53-73(56-62-38-26-30-43-68-62)57-63-39-27-31-44-69-63;1-42(2)36(38(47)48-3)23-30-21-31(24-44(26-33-13-5-8-16-39-33)27-34-14-6-9-17-40-34)37(46)32(22-30)25-45(28-35-15-7-10-18-41-35)29-43-19-11-4-12-20-43;;;;;;;;;;;;;;;;;;;;;;;;;;/h1,24-31,36-39,41-44,49-51H,22-23,32,34-35,40,45,47-48,52-57H2,2H3,(H,70,74);4-19,21-22,36,46H,23-29H2,1-3H3;;;;;22*1H/q;;4*+2;;;;;;;;;;;;;;;;;;;;;;/t;36-;;;;;;;;;;;;;;;;;;;;;;;;;;/m.0........................../s1. The average molecular weight is 1930 g/mol. The molecule has 1 amide bonds. The number of phenols is 1. The molecule has 0 aliphatic carbocycles. The maximum atomic E-state index is 12.8. The van der Waals surface area contributed by atoms with E-state index < -0.39 is 6.04 Å². The number of rotatable bonds is 40. The number of aromatic nitrogens is 8. The Bertz CT molecular complexity index is 5440. The molecule has 2 N–H and O–H groups in total. The molecule has 0 saturated heterocycles. The first-order chi connectivity index (χ1) is 60.4. The number of carbonyl (C=O) groups is 2. The molecule has 0 saturated carbocycles. The third-order valence-corrected chi connectivity index (χ3v) is 18.3. The molecule has 10 rings (SSSR count). The van der Waals surface area contributed by atoms with E-state index in [0.717, 1.165) is 112 Å². The number of hydrogen-bond donors (Lipinski definition) is 2. The van der Waals surface area contributed by atoms with Crippen molar-refractivity contribution >= 4 is 11.9 Å². The van der Waals surface area contributed by atoms with Gasteiger partial charge in [-0.25, -0.2) is 4.90 Å². The summed E-state index contributed by atoms with van der Waals surface area (Å²) in [7, 11) is 7.05. The Morgan fingerprint density at radius 3 is 1.20 bits per heavy atom. The van der Waals surface area contributed by atoms with Crippen molar-refractivity contribution in [2.45, 2.75) is 130 Å². The van der Waals surface area contributed by atoms with E-state index >= 15 is 0 Å². The van der Waals surface area contributed by atoms with Gasteiger partial charge in [0.25, 0.3) is 0 Å². The number of nitrogens with one attached hydrogen (secondary N) is 1. The third-order valence-electron chi connectivity index (χ3n) is 18.3. The van der Waals surface area contributed by atoms with Gasteiger partial charge >= 0.3 is 83.9 Å². The van der Waals surface area contributed by atoms with Gasteiger partial charge in [0, 0.05) is 262 Å². The van der Waals surface area contributed by atoms with Gasteiger partial charge in [-0.2, -0.15) is 6.07 Å². The van der Waals surface area contributed by atoms with Crippen molar-refractivity contribution in [3.05, 3.63) is 299 Å². The predicted octanol–water partition coefficient (Wildman–Crippen LogP) is 16.6. The quantitative estimate of drug-likeness (QED) is 0.00698. The topological polar surface area (TPSA) is 198 Å². The van der Waals surface area contributed by atoms with Gasteiger partial charge in [-0.1, -0.05) is 67.1 Å². The number of pyridine rings is 8. The zero-order valence-electron chi connectivity index (χ0n) is 72.7. The molecular weight excluding hydrogens is 1790 g/mol. The minimum atomic E-state index is -0.488. The molecule has 127 heavy (non-hydrogen) atoms. The number of hydrogen-bond acceptors (Lipinski definition) is 18. The maximum Gasteiger partial charge on any atom is 2.00 e. The van der Waals surface area contributed by atoms with Gasteiger partial charge in [-0.3, -0.25) is 68.6 Å². The fourth-order valence-corrected chi connectivity index (χ4v) is 12.7. The molecule has 0 spiro atoms. The summed E-state index contributed by atoms with van der Waals surface area (Å²) < 4.78 is 13.6. The molecule has 0 unspecified atom stereocenters. The molecule has 8 heterocycles. The maximum absolute atomic E-state index is 12.8. The number of benzene rings is 2. The first-order valence-electron chi connectivity index (χ1n) is 40.2. The molecule has 0 aliphatic rings. The largest absolute Gasteiger partial charge is 2.00 e. The van der Waals surface area contributed by atoms with Crippen LogP contribution in [0.15, 0.2) is 225 Å². The van der Waals surface area contributed by atoms with Crippen molar-refractivity contribution in [2.24, 2.45) is 0 Å². The summed E-state index contributed by atoms with van der Waals surface area (Å²) in [6, 6.07) is 60.5. The number of phenolic OH excluding ortho intramolecular Hbond substituents is 1. The summed E-state index contributed by atoms with van der Waals surface area (Å²) in [4.78, 5) is 70.6. The van der Waals surface area contributed by atoms with Crippen LogP contribution in [0.25, 0.3) is 0 Å². The van der Waals surface area contributed by atoms with Gasteiger partial charge in [0.2, 0.25) is 5.91 Å². The molecule has 0 aliphatic heterocycles. The van der Waals surface area contributed by atoms with Crippen molar-refractivity contribution < 1.29 is 138 Å². The number of amides is 1. The van der Waals surface area contributed by atoms with E-state index in [2.05, 4.69) is 233 Å². The first-order valence-corrected chi connectivity index (χ1v) is 40.2. The van der Waals surface area contributed by atoms with Gasteiger partial charge in [0.15, 0.2) is 6.67 Å². The summed E-state index contributed by atoms with van der Waals surface area (Å²) in [6.45, 7) is 8.92. The van der Waals surface area contributed by atoms with E-state index in [1.807, 2.05) is 200 Å². The fraction of sp³-hybridized carbons (Fsp3) is 0.262. The molecule has 658 valence electrons. The summed E-state index contributed by atoms with van der Waals surface area (Å²) in [5.74, 6) is 51.4. The predicted molar refractivity (Wildman–Crippen MR) is 523 cm³/mol. The number of likely N-dealkylation sites (N-methyl/N-ethyl adjacent to an activating group) is 1. The van der Waals surface area contributed by atoms with Crippen LogP contribution in [0.5, 0.6) is 11.5 Å². The number of terminal acetylenes is 1. The zero-order valence-corrected chi connectivity index (χ0v) is 84.6. The van der Waals surface area contributed by atoms with E-state index in [9.17, 15) is 14.7 Å². The molecule has 2 aromatic carbocycles. The van der Waals surface area contributed by atoms with Crippen LogP contribution in [0, 0.1) is 137 Å². The Kier molecular flexibility index (Phi) is 52.4. The third kappa shape index (κ3) is 43.3. The Labute approximate surface area is 833 Å². The van der Waals surface area contributed by atoms with Crippen LogP contribution < -0.4 is 14.6 Å². The monoisotopic (exact) mass is 1920 g/mol. The molecular formula is C103H141N15O5Zn4+8. The summed E-state index contributed by atoms with van der Waals surface area (Å²) in [5, 5.41) is 15.0. The van der Waals surface area contributed by atoms with Gasteiger partial charge in [0.05, 0.1) is 59.8 Å². The van der Waals surface area contributed by atoms with Crippen molar-refractivity contribution in [2.75, 3.05) is 47.9 Å². The molecule has 0 bridgehead atoms. The number of unbranched alkanes of at least 4 members (excludes halogenated alkanes) is 3. The van der Waals surface area contributed by atoms with E-state index in [0.29, 0.717) is 105 Å². The van der Waals surface area contributed by atoms with E-state index in [4.69, 9.17) is 15.9 Å². The second-order valence-electron chi connectivity index (χ2n) is 28.3. The Morgan fingerprint density at radius 2 is 0.835 bits per heavy atom. The molecule has 20 nitrogen and oxygen atoms in total.